The second-order valence-electron chi connectivity index (χ2n) is 6.13. The van der Waals surface area contributed by atoms with Crippen molar-refractivity contribution >= 4 is 0 Å². The number of rotatable bonds is 3. The minimum Gasteiger partial charge on any atom is -0.317 e. The van der Waals surface area contributed by atoms with Crippen LogP contribution in [0.25, 0.3) is 0 Å². The third kappa shape index (κ3) is 3.69. The molecule has 1 aliphatic heterocycles. The van der Waals surface area contributed by atoms with Crippen molar-refractivity contribution in [3.8, 4) is 0 Å². The van der Waals surface area contributed by atoms with Crippen molar-refractivity contribution in [3.63, 3.8) is 0 Å². The fourth-order valence-corrected chi connectivity index (χ4v) is 3.71. The smallest absolute Gasteiger partial charge is 0.0104 e. The van der Waals surface area contributed by atoms with Gasteiger partial charge >= 0.3 is 0 Å². The van der Waals surface area contributed by atoms with Gasteiger partial charge in [-0.1, -0.05) is 25.7 Å². The Morgan fingerprint density at radius 1 is 1.00 bits per heavy atom. The minimum absolute atomic E-state index is 0.770. The molecule has 17 heavy (non-hydrogen) atoms. The molecule has 1 saturated heterocycles. The van der Waals surface area contributed by atoms with Crippen molar-refractivity contribution in [2.75, 3.05) is 20.1 Å². The van der Waals surface area contributed by atoms with Gasteiger partial charge in [-0.3, -0.25) is 0 Å². The summed E-state index contributed by atoms with van der Waals surface area (Å²) in [6.07, 6.45) is 11.4. The van der Waals surface area contributed by atoms with Crippen LogP contribution in [-0.2, 0) is 0 Å². The summed E-state index contributed by atoms with van der Waals surface area (Å²) in [5, 5.41) is 3.57. The van der Waals surface area contributed by atoms with E-state index in [0.29, 0.717) is 0 Å². The van der Waals surface area contributed by atoms with Crippen LogP contribution in [-0.4, -0.2) is 37.1 Å². The highest BCUT2D eigenvalue weighted by Crippen LogP contribution is 2.26. The van der Waals surface area contributed by atoms with Gasteiger partial charge in [0.05, 0.1) is 0 Å². The van der Waals surface area contributed by atoms with E-state index in [-0.39, 0.29) is 0 Å². The van der Waals surface area contributed by atoms with Crippen molar-refractivity contribution in [1.29, 1.82) is 0 Å². The van der Waals surface area contributed by atoms with Gasteiger partial charge in [0.15, 0.2) is 0 Å². The van der Waals surface area contributed by atoms with Gasteiger partial charge in [0, 0.05) is 18.6 Å². The quantitative estimate of drug-likeness (QED) is 0.760. The predicted octanol–water partition coefficient (Wildman–Crippen LogP) is 3.03. The van der Waals surface area contributed by atoms with Crippen molar-refractivity contribution < 1.29 is 0 Å². The van der Waals surface area contributed by atoms with Gasteiger partial charge in [-0.15, -0.1) is 0 Å². The molecule has 1 saturated carbocycles. The van der Waals surface area contributed by atoms with Gasteiger partial charge in [-0.25, -0.2) is 0 Å². The summed E-state index contributed by atoms with van der Waals surface area (Å²) in [6.45, 7) is 5.10. The van der Waals surface area contributed by atoms with E-state index in [1.54, 1.807) is 0 Å². The van der Waals surface area contributed by atoms with E-state index in [1.807, 2.05) is 0 Å². The van der Waals surface area contributed by atoms with Gasteiger partial charge in [0.2, 0.25) is 0 Å². The number of nitrogens with one attached hydrogen (secondary N) is 1. The lowest BCUT2D eigenvalue weighted by atomic mass is 9.92. The monoisotopic (exact) mass is 238 g/mol. The number of likely N-dealkylation sites (tertiary alicyclic amines) is 1. The number of hydrogen-bond donors (Lipinski definition) is 1. The summed E-state index contributed by atoms with van der Waals surface area (Å²) >= 11 is 0. The minimum atomic E-state index is 0.770. The average Bonchev–Trinajstić information content (AvgIpc) is 2.57. The molecule has 2 heteroatoms. The number of hydrogen-bond acceptors (Lipinski definition) is 2. The van der Waals surface area contributed by atoms with Crippen molar-refractivity contribution in [1.82, 2.24) is 10.2 Å². The van der Waals surface area contributed by atoms with Crippen LogP contribution in [0.5, 0.6) is 0 Å². The van der Waals surface area contributed by atoms with E-state index in [1.165, 1.54) is 64.5 Å². The Balaban J connectivity index is 1.89. The maximum atomic E-state index is 3.57. The first kappa shape index (κ1) is 13.4. The fraction of sp³-hybridized carbons (Fsp3) is 1.00. The van der Waals surface area contributed by atoms with E-state index in [0.717, 1.165) is 18.0 Å². The van der Waals surface area contributed by atoms with Gasteiger partial charge in [-0.05, 0) is 52.1 Å². The van der Waals surface area contributed by atoms with Crippen LogP contribution in [0.2, 0.25) is 0 Å². The molecule has 0 aromatic carbocycles. The van der Waals surface area contributed by atoms with E-state index >= 15 is 0 Å². The highest BCUT2D eigenvalue weighted by atomic mass is 15.2. The highest BCUT2D eigenvalue weighted by Gasteiger charge is 2.27. The lowest BCUT2D eigenvalue weighted by molar-refractivity contribution is 0.121. The van der Waals surface area contributed by atoms with E-state index in [4.69, 9.17) is 0 Å². The molecule has 2 rings (SSSR count). The molecule has 2 aliphatic rings. The molecule has 2 fully saturated rings. The Bertz CT molecular complexity index is 217. The van der Waals surface area contributed by atoms with Crippen molar-refractivity contribution in [2.24, 2.45) is 5.92 Å². The molecule has 0 aromatic heterocycles. The molecule has 1 heterocycles. The normalized spacial score (nSPS) is 36.7. The third-order valence-electron chi connectivity index (χ3n) is 4.94. The van der Waals surface area contributed by atoms with E-state index in [9.17, 15) is 0 Å². The van der Waals surface area contributed by atoms with Crippen molar-refractivity contribution in [2.45, 2.75) is 70.4 Å². The number of nitrogens with zero attached hydrogens (tertiary/aromatic N) is 1. The van der Waals surface area contributed by atoms with E-state index < -0.39 is 0 Å². The van der Waals surface area contributed by atoms with Crippen LogP contribution in [0.15, 0.2) is 0 Å². The Morgan fingerprint density at radius 2 is 1.76 bits per heavy atom. The topological polar surface area (TPSA) is 15.3 Å². The first-order chi connectivity index (χ1) is 8.31. The number of piperidine rings is 1. The summed E-state index contributed by atoms with van der Waals surface area (Å²) in [7, 11) is 2.16. The predicted molar refractivity (Wildman–Crippen MR) is 74.3 cm³/mol. The molecule has 3 atom stereocenters. The Kier molecular flexibility index (Phi) is 5.30. The van der Waals surface area contributed by atoms with Gasteiger partial charge < -0.3 is 10.2 Å². The molecule has 0 radical (unpaired) electrons. The Hall–Kier alpha value is -0.0800. The van der Waals surface area contributed by atoms with Crippen molar-refractivity contribution in [3.05, 3.63) is 0 Å². The molecule has 0 amide bonds. The molecule has 1 aliphatic carbocycles. The zero-order valence-electron chi connectivity index (χ0n) is 11.8. The van der Waals surface area contributed by atoms with Crippen LogP contribution < -0.4 is 5.32 Å². The Labute approximate surface area is 107 Å². The maximum absolute atomic E-state index is 3.57. The zero-order valence-corrected chi connectivity index (χ0v) is 11.8. The molecule has 1 N–H and O–H groups in total. The van der Waals surface area contributed by atoms with Gasteiger partial charge in [-0.2, -0.15) is 0 Å². The first-order valence-electron chi connectivity index (χ1n) is 7.72. The fourth-order valence-electron chi connectivity index (χ4n) is 3.71. The molecule has 0 aromatic rings. The van der Waals surface area contributed by atoms with Crippen LogP contribution in [0, 0.1) is 5.92 Å². The summed E-state index contributed by atoms with van der Waals surface area (Å²) in [5.74, 6) is 0.892. The summed E-state index contributed by atoms with van der Waals surface area (Å²) < 4.78 is 0. The van der Waals surface area contributed by atoms with Crippen LogP contribution in [0.1, 0.15) is 58.3 Å². The second-order valence-corrected chi connectivity index (χ2v) is 6.13. The van der Waals surface area contributed by atoms with Crippen LogP contribution >= 0.6 is 0 Å². The standard InChI is InChI=1S/C15H30N2/c1-13-8-6-7-11-17(13)12-14-9-4-3-5-10-15(14)16-2/h13-16H,3-12H2,1-2H3. The first-order valence-corrected chi connectivity index (χ1v) is 7.72. The van der Waals surface area contributed by atoms with Crippen LogP contribution in [0.4, 0.5) is 0 Å². The summed E-state index contributed by atoms with van der Waals surface area (Å²) in [4.78, 5) is 2.75. The molecular formula is C15H30N2. The molecule has 3 unspecified atom stereocenters. The van der Waals surface area contributed by atoms with Gasteiger partial charge in [0.1, 0.15) is 0 Å². The lowest BCUT2D eigenvalue weighted by Crippen LogP contribution is -2.45. The Morgan fingerprint density at radius 3 is 2.53 bits per heavy atom. The molecule has 2 nitrogen and oxygen atoms in total. The summed E-state index contributed by atoms with van der Waals surface area (Å²) in [5.41, 5.74) is 0. The van der Waals surface area contributed by atoms with Gasteiger partial charge in [0.25, 0.3) is 0 Å². The zero-order chi connectivity index (χ0) is 12.1. The third-order valence-corrected chi connectivity index (χ3v) is 4.94. The highest BCUT2D eigenvalue weighted by molar-refractivity contribution is 4.83. The summed E-state index contributed by atoms with van der Waals surface area (Å²) in [6, 6.07) is 1.59. The molecule has 0 spiro atoms. The molecular weight excluding hydrogens is 208 g/mol. The SMILES string of the molecule is CNC1CCCCCC1CN1CCCCC1C. The van der Waals surface area contributed by atoms with Crippen LogP contribution in [0.3, 0.4) is 0 Å². The second kappa shape index (κ2) is 6.75. The molecule has 100 valence electrons. The van der Waals surface area contributed by atoms with E-state index in [2.05, 4.69) is 24.2 Å². The maximum Gasteiger partial charge on any atom is 0.0104 e. The molecule has 0 bridgehead atoms. The average molecular weight is 238 g/mol. The lowest BCUT2D eigenvalue weighted by Gasteiger charge is -2.38. The largest absolute Gasteiger partial charge is 0.317 e.